The molecule has 3 rings (SSSR count). The second-order valence-corrected chi connectivity index (χ2v) is 5.11. The van der Waals surface area contributed by atoms with Crippen molar-refractivity contribution in [3.63, 3.8) is 0 Å². The first kappa shape index (κ1) is 11.0. The maximum Gasteiger partial charge on any atom is 0.126 e. The number of nitrogens with two attached hydrogens (primary N) is 1. The molecule has 3 N–H and O–H groups in total. The smallest absolute Gasteiger partial charge is 0.126 e. The fourth-order valence-corrected chi connectivity index (χ4v) is 2.48. The third kappa shape index (κ3) is 2.28. The van der Waals surface area contributed by atoms with Crippen LogP contribution in [-0.2, 0) is 6.54 Å². The van der Waals surface area contributed by atoms with Crippen molar-refractivity contribution in [2.75, 3.05) is 11.1 Å². The Kier molecular flexibility index (Phi) is 2.86. The third-order valence-electron chi connectivity index (χ3n) is 2.74. The number of benzene rings is 1. The summed E-state index contributed by atoms with van der Waals surface area (Å²) >= 11 is 1.74. The van der Waals surface area contributed by atoms with Gasteiger partial charge in [-0.05, 0) is 41.8 Å². The normalized spacial score (nSPS) is 10.7. The van der Waals surface area contributed by atoms with Crippen LogP contribution < -0.4 is 11.1 Å². The number of nitrogens with zero attached hydrogens (tertiary/aromatic N) is 1. The lowest BCUT2D eigenvalue weighted by atomic mass is 10.2. The Morgan fingerprint density at radius 1 is 1.17 bits per heavy atom. The summed E-state index contributed by atoms with van der Waals surface area (Å²) < 4.78 is 0. The first-order valence-corrected chi connectivity index (χ1v) is 6.62. The van der Waals surface area contributed by atoms with Crippen LogP contribution in [0.1, 0.15) is 4.88 Å². The van der Waals surface area contributed by atoms with E-state index < -0.39 is 0 Å². The molecule has 0 bridgehead atoms. The van der Waals surface area contributed by atoms with Gasteiger partial charge in [-0.2, -0.15) is 0 Å². The molecule has 90 valence electrons. The van der Waals surface area contributed by atoms with Crippen LogP contribution in [0.4, 0.5) is 11.5 Å². The number of nitrogen functional groups attached to an aromatic ring is 1. The average molecular weight is 255 g/mol. The van der Waals surface area contributed by atoms with Crippen LogP contribution >= 0.6 is 11.3 Å². The van der Waals surface area contributed by atoms with Crippen molar-refractivity contribution < 1.29 is 0 Å². The van der Waals surface area contributed by atoms with Crippen molar-refractivity contribution in [1.29, 1.82) is 0 Å². The molecule has 0 fully saturated rings. The molecule has 4 heteroatoms. The number of anilines is 2. The Bertz CT molecular complexity index is 662. The van der Waals surface area contributed by atoms with Gasteiger partial charge in [0, 0.05) is 16.0 Å². The molecule has 0 unspecified atom stereocenters. The zero-order chi connectivity index (χ0) is 12.4. The van der Waals surface area contributed by atoms with Gasteiger partial charge in [-0.15, -0.1) is 11.3 Å². The largest absolute Gasteiger partial charge is 0.399 e. The Morgan fingerprint density at radius 2 is 2.11 bits per heavy atom. The van der Waals surface area contributed by atoms with Crippen molar-refractivity contribution in [2.24, 2.45) is 0 Å². The third-order valence-corrected chi connectivity index (χ3v) is 3.61. The molecule has 0 amide bonds. The van der Waals surface area contributed by atoms with Crippen molar-refractivity contribution in [3.05, 3.63) is 52.7 Å². The van der Waals surface area contributed by atoms with Gasteiger partial charge in [0.1, 0.15) is 5.82 Å². The van der Waals surface area contributed by atoms with E-state index in [-0.39, 0.29) is 0 Å². The first-order chi connectivity index (χ1) is 8.81. The minimum absolute atomic E-state index is 0.767. The van der Waals surface area contributed by atoms with Crippen LogP contribution in [0.25, 0.3) is 10.9 Å². The predicted molar refractivity (Wildman–Crippen MR) is 77.8 cm³/mol. The Morgan fingerprint density at radius 3 is 2.94 bits per heavy atom. The highest BCUT2D eigenvalue weighted by Crippen LogP contribution is 2.18. The van der Waals surface area contributed by atoms with E-state index >= 15 is 0 Å². The van der Waals surface area contributed by atoms with Gasteiger partial charge in [-0.3, -0.25) is 0 Å². The zero-order valence-corrected chi connectivity index (χ0v) is 10.6. The average Bonchev–Trinajstić information content (AvgIpc) is 2.89. The molecule has 2 heterocycles. The van der Waals surface area contributed by atoms with E-state index in [0.29, 0.717) is 0 Å². The number of hydrogen-bond donors (Lipinski definition) is 2. The molecule has 0 atom stereocenters. The van der Waals surface area contributed by atoms with Gasteiger partial charge in [0.05, 0.1) is 12.1 Å². The molecular weight excluding hydrogens is 242 g/mol. The van der Waals surface area contributed by atoms with Crippen LogP contribution in [0, 0.1) is 0 Å². The molecule has 0 aliphatic rings. The van der Waals surface area contributed by atoms with Crippen LogP contribution in [0.5, 0.6) is 0 Å². The van der Waals surface area contributed by atoms with Gasteiger partial charge in [-0.1, -0.05) is 6.07 Å². The second kappa shape index (κ2) is 4.66. The minimum Gasteiger partial charge on any atom is -0.399 e. The summed E-state index contributed by atoms with van der Waals surface area (Å²) in [6.07, 6.45) is 0. The maximum atomic E-state index is 5.74. The summed E-state index contributed by atoms with van der Waals surface area (Å²) in [6, 6.07) is 13.9. The summed E-state index contributed by atoms with van der Waals surface area (Å²) in [5.41, 5.74) is 7.47. The highest BCUT2D eigenvalue weighted by molar-refractivity contribution is 7.09. The van der Waals surface area contributed by atoms with Gasteiger partial charge in [0.15, 0.2) is 0 Å². The molecule has 0 aliphatic carbocycles. The standard InChI is InChI=1S/C14H13N3S/c15-11-4-5-13-10(8-11)3-6-14(17-13)16-9-12-2-1-7-18-12/h1-8H,9,15H2,(H,16,17). The van der Waals surface area contributed by atoms with Crippen LogP contribution in [0.15, 0.2) is 47.8 Å². The van der Waals surface area contributed by atoms with E-state index in [0.717, 1.165) is 29.0 Å². The molecule has 0 radical (unpaired) electrons. The molecule has 1 aromatic carbocycles. The molecule has 0 saturated carbocycles. The van der Waals surface area contributed by atoms with Crippen molar-refractivity contribution in [3.8, 4) is 0 Å². The molecule has 3 nitrogen and oxygen atoms in total. The highest BCUT2D eigenvalue weighted by Gasteiger charge is 1.99. The van der Waals surface area contributed by atoms with Gasteiger partial charge in [0.2, 0.25) is 0 Å². The topological polar surface area (TPSA) is 50.9 Å². The van der Waals surface area contributed by atoms with Gasteiger partial charge in [0.25, 0.3) is 0 Å². The summed E-state index contributed by atoms with van der Waals surface area (Å²) in [4.78, 5) is 5.85. The highest BCUT2D eigenvalue weighted by atomic mass is 32.1. The SMILES string of the molecule is Nc1ccc2nc(NCc3cccs3)ccc2c1. The van der Waals surface area contributed by atoms with E-state index in [1.54, 1.807) is 11.3 Å². The Labute approximate surface area is 109 Å². The van der Waals surface area contributed by atoms with Crippen LogP contribution in [0.3, 0.4) is 0 Å². The van der Waals surface area contributed by atoms with E-state index in [4.69, 9.17) is 5.73 Å². The van der Waals surface area contributed by atoms with E-state index in [9.17, 15) is 0 Å². The van der Waals surface area contributed by atoms with E-state index in [1.807, 2.05) is 30.3 Å². The maximum absolute atomic E-state index is 5.74. The molecular formula is C14H13N3S. The number of pyridine rings is 1. The Balaban J connectivity index is 1.82. The van der Waals surface area contributed by atoms with Crippen molar-refractivity contribution >= 4 is 33.7 Å². The number of nitrogens with one attached hydrogen (secondary N) is 1. The lowest BCUT2D eigenvalue weighted by Crippen LogP contribution is -1.99. The quantitative estimate of drug-likeness (QED) is 0.704. The molecule has 0 spiro atoms. The fraction of sp³-hybridized carbons (Fsp3) is 0.0714. The number of fused-ring (bicyclic) bond motifs is 1. The predicted octanol–water partition coefficient (Wildman–Crippen LogP) is 3.49. The molecule has 3 aromatic rings. The molecule has 2 aromatic heterocycles. The van der Waals surface area contributed by atoms with E-state index in [2.05, 4.69) is 27.8 Å². The molecule has 0 saturated heterocycles. The number of thiophene rings is 1. The number of rotatable bonds is 3. The summed E-state index contributed by atoms with van der Waals surface area (Å²) in [7, 11) is 0. The first-order valence-electron chi connectivity index (χ1n) is 5.74. The van der Waals surface area contributed by atoms with Crippen molar-refractivity contribution in [2.45, 2.75) is 6.54 Å². The monoisotopic (exact) mass is 255 g/mol. The van der Waals surface area contributed by atoms with Crippen molar-refractivity contribution in [1.82, 2.24) is 4.98 Å². The molecule has 0 aliphatic heterocycles. The van der Waals surface area contributed by atoms with Crippen LogP contribution in [-0.4, -0.2) is 4.98 Å². The number of hydrogen-bond acceptors (Lipinski definition) is 4. The van der Waals surface area contributed by atoms with Gasteiger partial charge < -0.3 is 11.1 Å². The number of aromatic nitrogens is 1. The van der Waals surface area contributed by atoms with E-state index in [1.165, 1.54) is 4.88 Å². The van der Waals surface area contributed by atoms with Gasteiger partial charge >= 0.3 is 0 Å². The summed E-state index contributed by atoms with van der Waals surface area (Å²) in [5.74, 6) is 0.890. The molecule has 18 heavy (non-hydrogen) atoms. The fourth-order valence-electron chi connectivity index (χ4n) is 1.83. The Hall–Kier alpha value is -2.07. The second-order valence-electron chi connectivity index (χ2n) is 4.08. The van der Waals surface area contributed by atoms with Crippen LogP contribution in [0.2, 0.25) is 0 Å². The minimum atomic E-state index is 0.767. The zero-order valence-electron chi connectivity index (χ0n) is 9.76. The lowest BCUT2D eigenvalue weighted by molar-refractivity contribution is 1.16. The van der Waals surface area contributed by atoms with Gasteiger partial charge in [-0.25, -0.2) is 4.98 Å². The lowest BCUT2D eigenvalue weighted by Gasteiger charge is -2.05. The summed E-state index contributed by atoms with van der Waals surface area (Å²) in [5, 5.41) is 6.47. The summed E-state index contributed by atoms with van der Waals surface area (Å²) in [6.45, 7) is 0.811.